The summed E-state index contributed by atoms with van der Waals surface area (Å²) in [7, 11) is 0. The van der Waals surface area contributed by atoms with Crippen LogP contribution in [0.25, 0.3) is 0 Å². The van der Waals surface area contributed by atoms with Crippen LogP contribution in [0.3, 0.4) is 0 Å². The van der Waals surface area contributed by atoms with Crippen molar-refractivity contribution in [2.24, 2.45) is 0 Å². The SMILES string of the molecule is CC(CCCO)NC(=O)c1ccccc1Oc1ccccc1. The van der Waals surface area contributed by atoms with E-state index in [0.717, 1.165) is 6.42 Å². The number of carbonyl (C=O) groups is 1. The van der Waals surface area contributed by atoms with Crippen LogP contribution in [0.1, 0.15) is 30.1 Å². The number of amides is 1. The Hall–Kier alpha value is -2.33. The van der Waals surface area contributed by atoms with Crippen LogP contribution in [0.5, 0.6) is 11.5 Å². The van der Waals surface area contributed by atoms with E-state index < -0.39 is 0 Å². The average molecular weight is 299 g/mol. The highest BCUT2D eigenvalue weighted by Crippen LogP contribution is 2.25. The van der Waals surface area contributed by atoms with E-state index in [1.54, 1.807) is 12.1 Å². The second kappa shape index (κ2) is 8.20. The van der Waals surface area contributed by atoms with Gasteiger partial charge in [0.15, 0.2) is 0 Å². The van der Waals surface area contributed by atoms with Crippen molar-refractivity contribution in [2.75, 3.05) is 6.61 Å². The Kier molecular flexibility index (Phi) is 5.98. The second-order valence-corrected chi connectivity index (χ2v) is 5.15. The zero-order valence-electron chi connectivity index (χ0n) is 12.7. The number of aliphatic hydroxyl groups is 1. The van der Waals surface area contributed by atoms with Gasteiger partial charge in [-0.15, -0.1) is 0 Å². The summed E-state index contributed by atoms with van der Waals surface area (Å²) in [5, 5.41) is 11.8. The fourth-order valence-electron chi connectivity index (χ4n) is 2.13. The molecule has 0 bridgehead atoms. The molecule has 0 spiro atoms. The van der Waals surface area contributed by atoms with Crippen LogP contribution in [0.4, 0.5) is 0 Å². The summed E-state index contributed by atoms with van der Waals surface area (Å²) in [6.07, 6.45) is 1.41. The zero-order chi connectivity index (χ0) is 15.8. The molecule has 4 nitrogen and oxygen atoms in total. The van der Waals surface area contributed by atoms with Crippen molar-refractivity contribution >= 4 is 5.91 Å². The maximum atomic E-state index is 12.4. The quantitative estimate of drug-likeness (QED) is 0.824. The molecule has 1 unspecified atom stereocenters. The number of rotatable bonds is 7. The largest absolute Gasteiger partial charge is 0.457 e. The molecule has 4 heteroatoms. The van der Waals surface area contributed by atoms with Gasteiger partial charge >= 0.3 is 0 Å². The molecular formula is C18H21NO3. The van der Waals surface area contributed by atoms with E-state index in [9.17, 15) is 4.79 Å². The highest BCUT2D eigenvalue weighted by Gasteiger charge is 2.14. The molecule has 1 amide bonds. The molecule has 0 fully saturated rings. The van der Waals surface area contributed by atoms with Crippen LogP contribution in [0.15, 0.2) is 54.6 Å². The smallest absolute Gasteiger partial charge is 0.255 e. The first-order chi connectivity index (χ1) is 10.7. The van der Waals surface area contributed by atoms with Crippen molar-refractivity contribution in [3.05, 3.63) is 60.2 Å². The van der Waals surface area contributed by atoms with E-state index >= 15 is 0 Å². The van der Waals surface area contributed by atoms with E-state index in [4.69, 9.17) is 9.84 Å². The average Bonchev–Trinajstić information content (AvgIpc) is 2.54. The normalized spacial score (nSPS) is 11.7. The lowest BCUT2D eigenvalue weighted by molar-refractivity contribution is 0.0934. The molecule has 0 aromatic heterocycles. The molecule has 0 aliphatic rings. The number of ether oxygens (including phenoxy) is 1. The van der Waals surface area contributed by atoms with Crippen molar-refractivity contribution < 1.29 is 14.6 Å². The lowest BCUT2D eigenvalue weighted by Gasteiger charge is -2.15. The van der Waals surface area contributed by atoms with E-state index in [1.807, 2.05) is 49.4 Å². The third kappa shape index (κ3) is 4.60. The van der Waals surface area contributed by atoms with Crippen LogP contribution in [-0.4, -0.2) is 23.7 Å². The summed E-state index contributed by atoms with van der Waals surface area (Å²) < 4.78 is 5.79. The van der Waals surface area contributed by atoms with Crippen LogP contribution >= 0.6 is 0 Å². The molecule has 0 saturated carbocycles. The van der Waals surface area contributed by atoms with Crippen molar-refractivity contribution in [1.82, 2.24) is 5.32 Å². The Balaban J connectivity index is 2.09. The second-order valence-electron chi connectivity index (χ2n) is 5.15. The van der Waals surface area contributed by atoms with E-state index in [1.165, 1.54) is 0 Å². The molecule has 0 aliphatic heterocycles. The highest BCUT2D eigenvalue weighted by atomic mass is 16.5. The van der Waals surface area contributed by atoms with Crippen molar-refractivity contribution in [3.63, 3.8) is 0 Å². The predicted molar refractivity (Wildman–Crippen MR) is 86.2 cm³/mol. The molecule has 0 radical (unpaired) electrons. The van der Waals surface area contributed by atoms with Gasteiger partial charge in [0, 0.05) is 12.6 Å². The maximum Gasteiger partial charge on any atom is 0.255 e. The first-order valence-corrected chi connectivity index (χ1v) is 7.44. The zero-order valence-corrected chi connectivity index (χ0v) is 12.7. The summed E-state index contributed by atoms with van der Waals surface area (Å²) in [5.74, 6) is 1.05. The topological polar surface area (TPSA) is 58.6 Å². The minimum Gasteiger partial charge on any atom is -0.457 e. The van der Waals surface area contributed by atoms with Crippen LogP contribution in [0.2, 0.25) is 0 Å². The van der Waals surface area contributed by atoms with Crippen LogP contribution in [0, 0.1) is 0 Å². The van der Waals surface area contributed by atoms with Crippen molar-refractivity contribution in [1.29, 1.82) is 0 Å². The lowest BCUT2D eigenvalue weighted by Crippen LogP contribution is -2.32. The van der Waals surface area contributed by atoms with Gasteiger partial charge in [0.2, 0.25) is 0 Å². The highest BCUT2D eigenvalue weighted by molar-refractivity contribution is 5.97. The summed E-state index contributed by atoms with van der Waals surface area (Å²) in [6.45, 7) is 2.06. The minimum atomic E-state index is -0.169. The summed E-state index contributed by atoms with van der Waals surface area (Å²) in [4.78, 5) is 12.4. The van der Waals surface area contributed by atoms with Gasteiger partial charge in [-0.05, 0) is 44.0 Å². The number of para-hydroxylation sites is 2. The summed E-state index contributed by atoms with van der Waals surface area (Å²) in [5.41, 5.74) is 0.502. The third-order valence-corrected chi connectivity index (χ3v) is 3.28. The van der Waals surface area contributed by atoms with E-state index in [-0.39, 0.29) is 18.6 Å². The molecule has 22 heavy (non-hydrogen) atoms. The van der Waals surface area contributed by atoms with Gasteiger partial charge in [0.25, 0.3) is 5.91 Å². The molecule has 1 atom stereocenters. The minimum absolute atomic E-state index is 0.00410. The van der Waals surface area contributed by atoms with Gasteiger partial charge < -0.3 is 15.2 Å². The van der Waals surface area contributed by atoms with Gasteiger partial charge in [0.05, 0.1) is 5.56 Å². The number of nitrogens with one attached hydrogen (secondary N) is 1. The number of hydrogen-bond acceptors (Lipinski definition) is 3. The summed E-state index contributed by atoms with van der Waals surface area (Å²) in [6, 6.07) is 16.5. The first kappa shape index (κ1) is 16.0. The molecular weight excluding hydrogens is 278 g/mol. The Morgan fingerprint density at radius 3 is 2.55 bits per heavy atom. The van der Waals surface area contributed by atoms with Gasteiger partial charge in [-0.25, -0.2) is 0 Å². The van der Waals surface area contributed by atoms with Gasteiger partial charge in [-0.1, -0.05) is 30.3 Å². The molecule has 2 N–H and O–H groups in total. The first-order valence-electron chi connectivity index (χ1n) is 7.44. The van der Waals surface area contributed by atoms with Crippen LogP contribution < -0.4 is 10.1 Å². The van der Waals surface area contributed by atoms with Crippen molar-refractivity contribution in [2.45, 2.75) is 25.8 Å². The number of benzene rings is 2. The molecule has 0 aliphatic carbocycles. The Labute approximate surface area is 130 Å². The number of carbonyl (C=O) groups excluding carboxylic acids is 1. The molecule has 116 valence electrons. The molecule has 0 saturated heterocycles. The standard InChI is InChI=1S/C18H21NO3/c1-14(8-7-13-20)19-18(21)16-11-5-6-12-17(16)22-15-9-3-2-4-10-15/h2-6,9-12,14,20H,7-8,13H2,1H3,(H,19,21). The lowest BCUT2D eigenvalue weighted by atomic mass is 10.1. The number of aliphatic hydroxyl groups excluding tert-OH is 1. The fourth-order valence-corrected chi connectivity index (χ4v) is 2.13. The van der Waals surface area contributed by atoms with E-state index in [2.05, 4.69) is 5.32 Å². The van der Waals surface area contributed by atoms with Crippen LogP contribution in [-0.2, 0) is 0 Å². The van der Waals surface area contributed by atoms with Crippen molar-refractivity contribution in [3.8, 4) is 11.5 Å². The van der Waals surface area contributed by atoms with Gasteiger partial charge in [-0.3, -0.25) is 4.79 Å². The Morgan fingerprint density at radius 1 is 1.14 bits per heavy atom. The Morgan fingerprint density at radius 2 is 1.82 bits per heavy atom. The molecule has 2 aromatic carbocycles. The third-order valence-electron chi connectivity index (χ3n) is 3.28. The summed E-state index contributed by atoms with van der Waals surface area (Å²) >= 11 is 0. The molecule has 2 rings (SSSR count). The number of hydrogen-bond donors (Lipinski definition) is 2. The monoisotopic (exact) mass is 299 g/mol. The molecule has 2 aromatic rings. The van der Waals surface area contributed by atoms with Gasteiger partial charge in [-0.2, -0.15) is 0 Å². The van der Waals surface area contributed by atoms with E-state index in [0.29, 0.717) is 23.5 Å². The maximum absolute atomic E-state index is 12.4. The van der Waals surface area contributed by atoms with Gasteiger partial charge in [0.1, 0.15) is 11.5 Å². The molecule has 0 heterocycles. The Bertz CT molecular complexity index is 598. The fraction of sp³-hybridized carbons (Fsp3) is 0.278. The predicted octanol–water partition coefficient (Wildman–Crippen LogP) is 3.37.